The molecule has 0 radical (unpaired) electrons. The van der Waals surface area contributed by atoms with Gasteiger partial charge < -0.3 is 16.0 Å². The highest BCUT2D eigenvalue weighted by molar-refractivity contribution is 9.10. The summed E-state index contributed by atoms with van der Waals surface area (Å²) in [7, 11) is 0. The van der Waals surface area contributed by atoms with Crippen LogP contribution in [0.25, 0.3) is 0 Å². The molecule has 0 bridgehead atoms. The monoisotopic (exact) mass is 388 g/mol. The maximum Gasteiger partial charge on any atom is 0.257 e. The summed E-state index contributed by atoms with van der Waals surface area (Å²) >= 11 is 3.30. The third-order valence-electron chi connectivity index (χ3n) is 3.94. The van der Waals surface area contributed by atoms with Gasteiger partial charge in [-0.05, 0) is 53.0 Å². The Balaban J connectivity index is 1.93. The van der Waals surface area contributed by atoms with Crippen LogP contribution < -0.4 is 16.0 Å². The van der Waals surface area contributed by atoms with Crippen LogP contribution in [-0.4, -0.2) is 29.9 Å². The van der Waals surface area contributed by atoms with Crippen LogP contribution in [0.3, 0.4) is 0 Å². The first-order valence-corrected chi connectivity index (χ1v) is 8.44. The van der Waals surface area contributed by atoms with Crippen molar-refractivity contribution in [2.75, 3.05) is 23.3 Å². The highest BCUT2D eigenvalue weighted by Gasteiger charge is 2.19. The zero-order chi connectivity index (χ0) is 17.1. The number of aromatic nitrogens is 1. The van der Waals surface area contributed by atoms with Crippen LogP contribution in [0.5, 0.6) is 0 Å². The van der Waals surface area contributed by atoms with Gasteiger partial charge >= 0.3 is 0 Å². The Morgan fingerprint density at radius 3 is 2.54 bits per heavy atom. The standard InChI is InChI=1S/C17H17BrN4O2/c18-13-7-12(9-20-10-13)17(24)21-14-8-11(16(19)23)3-4-15(14)22-5-1-2-6-22/h3-4,7-10H,1-2,5-6H2,(H2,19,23)(H,21,24). The van der Waals surface area contributed by atoms with E-state index in [2.05, 4.69) is 31.1 Å². The first-order valence-electron chi connectivity index (χ1n) is 7.65. The Labute approximate surface area is 148 Å². The number of hydrogen-bond acceptors (Lipinski definition) is 4. The minimum Gasteiger partial charge on any atom is -0.370 e. The smallest absolute Gasteiger partial charge is 0.257 e. The van der Waals surface area contributed by atoms with Gasteiger partial charge in [0.25, 0.3) is 5.91 Å². The van der Waals surface area contributed by atoms with Crippen LogP contribution in [-0.2, 0) is 0 Å². The second kappa shape index (κ2) is 7.00. The van der Waals surface area contributed by atoms with Gasteiger partial charge in [-0.2, -0.15) is 0 Å². The molecule has 2 heterocycles. The normalized spacial score (nSPS) is 13.8. The number of nitrogens with one attached hydrogen (secondary N) is 1. The summed E-state index contributed by atoms with van der Waals surface area (Å²) in [5.74, 6) is -0.812. The highest BCUT2D eigenvalue weighted by atomic mass is 79.9. The van der Waals surface area contributed by atoms with Crippen molar-refractivity contribution in [3.8, 4) is 0 Å². The molecular formula is C17H17BrN4O2. The fourth-order valence-corrected chi connectivity index (χ4v) is 3.12. The molecule has 1 fully saturated rings. The summed E-state index contributed by atoms with van der Waals surface area (Å²) in [5.41, 5.74) is 7.64. The minimum atomic E-state index is -0.525. The summed E-state index contributed by atoms with van der Waals surface area (Å²) in [4.78, 5) is 30.2. The third-order valence-corrected chi connectivity index (χ3v) is 4.38. The fourth-order valence-electron chi connectivity index (χ4n) is 2.75. The third kappa shape index (κ3) is 3.56. The van der Waals surface area contributed by atoms with Gasteiger partial charge in [-0.15, -0.1) is 0 Å². The number of carbonyl (C=O) groups is 2. The Morgan fingerprint density at radius 2 is 1.88 bits per heavy atom. The number of rotatable bonds is 4. The number of nitrogens with zero attached hydrogens (tertiary/aromatic N) is 2. The lowest BCUT2D eigenvalue weighted by molar-refractivity contribution is 0.0996. The van der Waals surface area contributed by atoms with Gasteiger partial charge in [0.15, 0.2) is 0 Å². The quantitative estimate of drug-likeness (QED) is 0.842. The number of anilines is 2. The van der Waals surface area contributed by atoms with Gasteiger partial charge in [0.1, 0.15) is 0 Å². The molecule has 0 aliphatic carbocycles. The Kier molecular flexibility index (Phi) is 4.80. The molecule has 0 saturated carbocycles. The number of carbonyl (C=O) groups excluding carboxylic acids is 2. The molecule has 2 aromatic rings. The summed E-state index contributed by atoms with van der Waals surface area (Å²) in [5, 5.41) is 2.88. The summed E-state index contributed by atoms with van der Waals surface area (Å²) < 4.78 is 0.723. The van der Waals surface area contributed by atoms with E-state index in [1.807, 2.05) is 6.07 Å². The van der Waals surface area contributed by atoms with Crippen LogP contribution >= 0.6 is 15.9 Å². The maximum absolute atomic E-state index is 12.5. The number of halogens is 1. The van der Waals surface area contributed by atoms with Crippen LogP contribution in [0.1, 0.15) is 33.6 Å². The molecule has 1 aromatic carbocycles. The molecule has 0 atom stereocenters. The number of pyridine rings is 1. The van der Waals surface area contributed by atoms with Gasteiger partial charge in [-0.1, -0.05) is 0 Å². The van der Waals surface area contributed by atoms with E-state index in [1.165, 1.54) is 6.20 Å². The predicted octanol–water partition coefficient (Wildman–Crippen LogP) is 2.80. The molecule has 124 valence electrons. The molecule has 0 spiro atoms. The summed E-state index contributed by atoms with van der Waals surface area (Å²) in [6.07, 6.45) is 5.33. The SMILES string of the molecule is NC(=O)c1ccc(N2CCCC2)c(NC(=O)c2cncc(Br)c2)c1. The lowest BCUT2D eigenvalue weighted by Crippen LogP contribution is -2.22. The van der Waals surface area contributed by atoms with Gasteiger partial charge in [-0.3, -0.25) is 14.6 Å². The van der Waals surface area contributed by atoms with Gasteiger partial charge in [0.2, 0.25) is 5.91 Å². The van der Waals surface area contributed by atoms with Crippen molar-refractivity contribution in [3.63, 3.8) is 0 Å². The lowest BCUT2D eigenvalue weighted by atomic mass is 10.1. The molecule has 24 heavy (non-hydrogen) atoms. The van der Waals surface area contributed by atoms with Gasteiger partial charge in [0, 0.05) is 35.5 Å². The zero-order valence-corrected chi connectivity index (χ0v) is 14.5. The Bertz CT molecular complexity index is 788. The van der Waals surface area contributed by atoms with Crippen LogP contribution in [0.15, 0.2) is 41.1 Å². The zero-order valence-electron chi connectivity index (χ0n) is 13.0. The summed E-state index contributed by atoms with van der Waals surface area (Å²) in [6, 6.07) is 6.83. The van der Waals surface area contributed by atoms with Crippen molar-refractivity contribution >= 4 is 39.1 Å². The van der Waals surface area contributed by atoms with E-state index in [0.29, 0.717) is 16.8 Å². The molecule has 7 heteroatoms. The van der Waals surface area contributed by atoms with E-state index in [0.717, 1.165) is 36.1 Å². The van der Waals surface area contributed by atoms with E-state index in [4.69, 9.17) is 5.73 Å². The van der Waals surface area contributed by atoms with Crippen LogP contribution in [0.4, 0.5) is 11.4 Å². The molecule has 2 amide bonds. The molecule has 1 aromatic heterocycles. The number of amides is 2. The molecule has 6 nitrogen and oxygen atoms in total. The van der Waals surface area contributed by atoms with Gasteiger partial charge in [-0.25, -0.2) is 0 Å². The average Bonchev–Trinajstić information content (AvgIpc) is 3.09. The highest BCUT2D eigenvalue weighted by Crippen LogP contribution is 2.30. The Hall–Kier alpha value is -2.41. The molecule has 3 rings (SSSR count). The molecule has 1 aliphatic heterocycles. The Morgan fingerprint density at radius 1 is 1.12 bits per heavy atom. The number of nitrogens with two attached hydrogens (primary N) is 1. The average molecular weight is 389 g/mol. The van der Waals surface area contributed by atoms with E-state index in [9.17, 15) is 9.59 Å². The molecule has 0 unspecified atom stereocenters. The van der Waals surface area contributed by atoms with Crippen LogP contribution in [0, 0.1) is 0 Å². The lowest BCUT2D eigenvalue weighted by Gasteiger charge is -2.22. The van der Waals surface area contributed by atoms with E-state index in [1.54, 1.807) is 24.4 Å². The number of hydrogen-bond donors (Lipinski definition) is 2. The maximum atomic E-state index is 12.5. The van der Waals surface area contributed by atoms with Crippen molar-refractivity contribution < 1.29 is 9.59 Å². The van der Waals surface area contributed by atoms with Crippen molar-refractivity contribution in [1.29, 1.82) is 0 Å². The minimum absolute atomic E-state index is 0.286. The molecule has 1 aliphatic rings. The predicted molar refractivity (Wildman–Crippen MR) is 96.3 cm³/mol. The van der Waals surface area contributed by atoms with E-state index in [-0.39, 0.29) is 5.91 Å². The second-order valence-electron chi connectivity index (χ2n) is 5.64. The first kappa shape index (κ1) is 16.4. The second-order valence-corrected chi connectivity index (χ2v) is 6.55. The van der Waals surface area contributed by atoms with Gasteiger partial charge in [0.05, 0.1) is 16.9 Å². The summed E-state index contributed by atoms with van der Waals surface area (Å²) in [6.45, 7) is 1.86. The van der Waals surface area contributed by atoms with Crippen molar-refractivity contribution in [2.24, 2.45) is 5.73 Å². The number of primary amides is 1. The largest absolute Gasteiger partial charge is 0.370 e. The van der Waals surface area contributed by atoms with Crippen LogP contribution in [0.2, 0.25) is 0 Å². The first-order chi connectivity index (χ1) is 11.5. The number of benzene rings is 1. The van der Waals surface area contributed by atoms with Crippen molar-refractivity contribution in [3.05, 3.63) is 52.3 Å². The molecule has 1 saturated heterocycles. The van der Waals surface area contributed by atoms with Crippen molar-refractivity contribution in [1.82, 2.24) is 4.98 Å². The van der Waals surface area contributed by atoms with Crippen molar-refractivity contribution in [2.45, 2.75) is 12.8 Å². The molecule has 3 N–H and O–H groups in total. The van der Waals surface area contributed by atoms with E-state index < -0.39 is 5.91 Å². The molecular weight excluding hydrogens is 372 g/mol. The fraction of sp³-hybridized carbons (Fsp3) is 0.235. The topological polar surface area (TPSA) is 88.3 Å². The van der Waals surface area contributed by atoms with E-state index >= 15 is 0 Å².